The zero-order valence-corrected chi connectivity index (χ0v) is 11.7. The Morgan fingerprint density at radius 2 is 2.32 bits per heavy atom. The Morgan fingerprint density at radius 1 is 1.53 bits per heavy atom. The summed E-state index contributed by atoms with van der Waals surface area (Å²) in [6.45, 7) is 10.9. The Labute approximate surface area is 115 Å². The van der Waals surface area contributed by atoms with Gasteiger partial charge in [0.05, 0.1) is 24.9 Å². The second-order valence-electron chi connectivity index (χ2n) is 5.65. The summed E-state index contributed by atoms with van der Waals surface area (Å²) in [6.07, 6.45) is 7.37. The van der Waals surface area contributed by atoms with Crippen LogP contribution in [0.5, 0.6) is 0 Å². The third-order valence-electron chi connectivity index (χ3n) is 4.12. The molecule has 19 heavy (non-hydrogen) atoms. The Kier molecular flexibility index (Phi) is 4.62. The van der Waals surface area contributed by atoms with Gasteiger partial charge < -0.3 is 19.4 Å². The standard InChI is InChI=1S/C15H23NO3/c1-4-5-13-9-15(10-17)14(18-13)7-6-12(19-15)8-11(2)16-3/h4-5,11-14,17H,6-10H2,1-2H3/b5-4+/t11-,12-,13+,14+,15-/m1/s1. The SMILES string of the molecule is [C-]#[N+][C@H](C)C[C@H]1CC[C@@H]2O[C@@H](/C=C/C)C[C@]2(CO)O1. The van der Waals surface area contributed by atoms with Crippen LogP contribution >= 0.6 is 0 Å². The fourth-order valence-corrected chi connectivity index (χ4v) is 3.17. The molecule has 0 aromatic rings. The molecule has 2 aliphatic heterocycles. The van der Waals surface area contributed by atoms with Crippen molar-refractivity contribution in [3.8, 4) is 0 Å². The Morgan fingerprint density at radius 3 is 2.95 bits per heavy atom. The van der Waals surface area contributed by atoms with Crippen molar-refractivity contribution in [1.82, 2.24) is 0 Å². The summed E-state index contributed by atoms with van der Waals surface area (Å²) in [4.78, 5) is 3.53. The van der Waals surface area contributed by atoms with E-state index in [4.69, 9.17) is 16.0 Å². The van der Waals surface area contributed by atoms with Gasteiger partial charge in [-0.3, -0.25) is 0 Å². The molecule has 0 unspecified atom stereocenters. The Hall–Kier alpha value is -0.890. The molecule has 0 radical (unpaired) electrons. The highest BCUT2D eigenvalue weighted by molar-refractivity contribution is 5.06. The van der Waals surface area contributed by atoms with E-state index in [0.29, 0.717) is 6.42 Å². The number of hydrogen-bond donors (Lipinski definition) is 1. The molecule has 4 nitrogen and oxygen atoms in total. The molecule has 106 valence electrons. The van der Waals surface area contributed by atoms with Gasteiger partial charge in [0.2, 0.25) is 6.04 Å². The number of rotatable bonds is 4. The van der Waals surface area contributed by atoms with E-state index in [1.807, 2.05) is 26.0 Å². The normalized spacial score (nSPS) is 40.0. The van der Waals surface area contributed by atoms with Crippen LogP contribution in [0.3, 0.4) is 0 Å². The molecule has 0 aromatic heterocycles. The summed E-state index contributed by atoms with van der Waals surface area (Å²) in [6, 6.07) is -0.0223. The Bertz CT molecular complexity index is 376. The van der Waals surface area contributed by atoms with E-state index in [0.717, 1.165) is 19.3 Å². The second kappa shape index (κ2) is 6.04. The monoisotopic (exact) mass is 265 g/mol. The van der Waals surface area contributed by atoms with Crippen LogP contribution in [-0.2, 0) is 9.47 Å². The quantitative estimate of drug-likeness (QED) is 0.626. The van der Waals surface area contributed by atoms with Crippen molar-refractivity contribution in [2.75, 3.05) is 6.61 Å². The lowest BCUT2D eigenvalue weighted by Crippen LogP contribution is -2.51. The number of hydrogen-bond acceptors (Lipinski definition) is 3. The molecule has 0 aliphatic carbocycles. The molecule has 0 bridgehead atoms. The van der Waals surface area contributed by atoms with E-state index in [9.17, 15) is 5.11 Å². The number of nitrogens with zero attached hydrogens (tertiary/aromatic N) is 1. The first-order valence-corrected chi connectivity index (χ1v) is 7.07. The highest BCUT2D eigenvalue weighted by Gasteiger charge is 2.52. The van der Waals surface area contributed by atoms with Crippen LogP contribution < -0.4 is 0 Å². The van der Waals surface area contributed by atoms with E-state index in [1.54, 1.807) is 0 Å². The molecule has 1 N–H and O–H groups in total. The Balaban J connectivity index is 2.04. The molecule has 2 aliphatic rings. The maximum atomic E-state index is 9.76. The average molecular weight is 265 g/mol. The minimum Gasteiger partial charge on any atom is -0.393 e. The summed E-state index contributed by atoms with van der Waals surface area (Å²) >= 11 is 0. The van der Waals surface area contributed by atoms with Gasteiger partial charge in [0.25, 0.3) is 0 Å². The third kappa shape index (κ3) is 3.00. The van der Waals surface area contributed by atoms with Crippen molar-refractivity contribution in [3.63, 3.8) is 0 Å². The van der Waals surface area contributed by atoms with Gasteiger partial charge in [0, 0.05) is 19.8 Å². The molecule has 0 saturated carbocycles. The summed E-state index contributed by atoms with van der Waals surface area (Å²) in [7, 11) is 0. The molecular weight excluding hydrogens is 242 g/mol. The third-order valence-corrected chi connectivity index (χ3v) is 4.12. The minimum absolute atomic E-state index is 0.00534. The lowest BCUT2D eigenvalue weighted by molar-refractivity contribution is -0.183. The maximum absolute atomic E-state index is 9.76. The topological polar surface area (TPSA) is 43.0 Å². The van der Waals surface area contributed by atoms with Crippen LogP contribution in [0.15, 0.2) is 12.2 Å². The van der Waals surface area contributed by atoms with Crippen molar-refractivity contribution in [1.29, 1.82) is 0 Å². The van der Waals surface area contributed by atoms with Crippen molar-refractivity contribution in [3.05, 3.63) is 23.6 Å². The van der Waals surface area contributed by atoms with Gasteiger partial charge in [-0.15, -0.1) is 0 Å². The van der Waals surface area contributed by atoms with Crippen LogP contribution in [0, 0.1) is 6.57 Å². The molecule has 0 aromatic carbocycles. The van der Waals surface area contributed by atoms with Gasteiger partial charge in [-0.1, -0.05) is 12.2 Å². The van der Waals surface area contributed by atoms with E-state index in [1.165, 1.54) is 0 Å². The molecule has 2 heterocycles. The smallest absolute Gasteiger partial charge is 0.223 e. The fraction of sp³-hybridized carbons (Fsp3) is 0.800. The van der Waals surface area contributed by atoms with E-state index in [-0.39, 0.29) is 31.0 Å². The minimum atomic E-state index is -0.561. The van der Waals surface area contributed by atoms with Crippen LogP contribution in [0.4, 0.5) is 0 Å². The largest absolute Gasteiger partial charge is 0.393 e. The zero-order valence-electron chi connectivity index (χ0n) is 11.7. The molecule has 5 atom stereocenters. The van der Waals surface area contributed by atoms with Gasteiger partial charge >= 0.3 is 0 Å². The van der Waals surface area contributed by atoms with Crippen molar-refractivity contribution in [2.24, 2.45) is 0 Å². The van der Waals surface area contributed by atoms with Crippen molar-refractivity contribution >= 4 is 0 Å². The first kappa shape index (κ1) is 14.5. The number of aliphatic hydroxyl groups is 1. The molecule has 2 saturated heterocycles. The second-order valence-corrected chi connectivity index (χ2v) is 5.65. The van der Waals surface area contributed by atoms with Crippen LogP contribution in [0.2, 0.25) is 0 Å². The summed E-state index contributed by atoms with van der Waals surface area (Å²) in [5, 5.41) is 9.76. The molecule has 4 heteroatoms. The fourth-order valence-electron chi connectivity index (χ4n) is 3.17. The van der Waals surface area contributed by atoms with Crippen molar-refractivity contribution in [2.45, 2.75) is 69.5 Å². The van der Waals surface area contributed by atoms with Gasteiger partial charge in [0.15, 0.2) is 0 Å². The van der Waals surface area contributed by atoms with Gasteiger partial charge in [-0.25, -0.2) is 6.57 Å². The molecule has 2 rings (SSSR count). The highest BCUT2D eigenvalue weighted by atomic mass is 16.6. The molecule has 0 spiro atoms. The summed E-state index contributed by atoms with van der Waals surface area (Å²) in [5.74, 6) is 0. The number of allylic oxidation sites excluding steroid dienone is 1. The van der Waals surface area contributed by atoms with Crippen LogP contribution in [-0.4, -0.2) is 41.7 Å². The lowest BCUT2D eigenvalue weighted by atomic mass is 9.86. The number of aliphatic hydroxyl groups excluding tert-OH is 1. The maximum Gasteiger partial charge on any atom is 0.223 e. The lowest BCUT2D eigenvalue weighted by Gasteiger charge is -2.40. The van der Waals surface area contributed by atoms with Gasteiger partial charge in [-0.05, 0) is 19.8 Å². The number of ether oxygens (including phenoxy) is 2. The highest BCUT2D eigenvalue weighted by Crippen LogP contribution is 2.42. The summed E-state index contributed by atoms with van der Waals surface area (Å²) < 4.78 is 12.1. The molecule has 0 amide bonds. The molecule has 2 fully saturated rings. The number of fused-ring (bicyclic) bond motifs is 1. The van der Waals surface area contributed by atoms with Crippen LogP contribution in [0.25, 0.3) is 4.85 Å². The first-order chi connectivity index (χ1) is 9.13. The summed E-state index contributed by atoms with van der Waals surface area (Å²) in [5.41, 5.74) is -0.561. The zero-order chi connectivity index (χ0) is 13.9. The van der Waals surface area contributed by atoms with Crippen LogP contribution in [0.1, 0.15) is 39.5 Å². The predicted molar refractivity (Wildman–Crippen MR) is 72.7 cm³/mol. The first-order valence-electron chi connectivity index (χ1n) is 7.07. The van der Waals surface area contributed by atoms with Gasteiger partial charge in [-0.2, -0.15) is 0 Å². The van der Waals surface area contributed by atoms with Crippen molar-refractivity contribution < 1.29 is 14.6 Å². The van der Waals surface area contributed by atoms with E-state index in [2.05, 4.69) is 4.85 Å². The van der Waals surface area contributed by atoms with E-state index >= 15 is 0 Å². The predicted octanol–water partition coefficient (Wildman–Crippen LogP) is 2.33. The molecular formula is C15H23NO3. The van der Waals surface area contributed by atoms with E-state index < -0.39 is 5.60 Å². The average Bonchev–Trinajstić information content (AvgIpc) is 2.77. The van der Waals surface area contributed by atoms with Gasteiger partial charge in [0.1, 0.15) is 5.60 Å².